The van der Waals surface area contributed by atoms with Crippen molar-refractivity contribution in [3.8, 4) is 5.75 Å². The van der Waals surface area contributed by atoms with E-state index < -0.39 is 0 Å². The number of piperazine rings is 1. The molecule has 0 spiro atoms. The first-order valence-corrected chi connectivity index (χ1v) is 10.3. The van der Waals surface area contributed by atoms with Gasteiger partial charge >= 0.3 is 0 Å². The smallest absolute Gasteiger partial charge is 0.239 e. The van der Waals surface area contributed by atoms with Crippen LogP contribution in [0.15, 0.2) is 47.5 Å². The van der Waals surface area contributed by atoms with E-state index in [4.69, 9.17) is 16.3 Å². The second-order valence-corrected chi connectivity index (χ2v) is 7.41. The summed E-state index contributed by atoms with van der Waals surface area (Å²) in [4.78, 5) is 17.9. The third-order valence-electron chi connectivity index (χ3n) is 4.97. The Morgan fingerprint density at radius 3 is 2.65 bits per heavy atom. The fourth-order valence-electron chi connectivity index (χ4n) is 3.26. The third kappa shape index (κ3) is 7.46. The van der Waals surface area contributed by atoms with E-state index in [1.54, 1.807) is 14.2 Å². The Hall–Kier alpha value is -2.20. The SMILES string of the molecule is CN=C(NCCc1ccc(OC)cc1Cl)NCc1ccc(N2CCNC(=O)C2)cc1.I. The number of hydrogen-bond donors (Lipinski definition) is 3. The molecule has 0 aromatic heterocycles. The summed E-state index contributed by atoms with van der Waals surface area (Å²) in [5.41, 5.74) is 3.26. The van der Waals surface area contributed by atoms with Gasteiger partial charge in [-0.1, -0.05) is 29.8 Å². The highest BCUT2D eigenvalue weighted by atomic mass is 127. The average molecular weight is 558 g/mol. The summed E-state index contributed by atoms with van der Waals surface area (Å²) in [6.45, 7) is 3.29. The zero-order chi connectivity index (χ0) is 21.3. The number of ether oxygens (including phenoxy) is 1. The van der Waals surface area contributed by atoms with Crippen LogP contribution in [0.5, 0.6) is 5.75 Å². The van der Waals surface area contributed by atoms with Crippen molar-refractivity contribution in [2.24, 2.45) is 4.99 Å². The lowest BCUT2D eigenvalue weighted by molar-refractivity contribution is -0.120. The van der Waals surface area contributed by atoms with E-state index in [1.165, 1.54) is 0 Å². The van der Waals surface area contributed by atoms with Gasteiger partial charge in [-0.2, -0.15) is 0 Å². The molecule has 0 aliphatic carbocycles. The maximum absolute atomic E-state index is 11.6. The molecule has 31 heavy (non-hydrogen) atoms. The Bertz CT molecular complexity index is 892. The largest absolute Gasteiger partial charge is 0.497 e. The lowest BCUT2D eigenvalue weighted by Crippen LogP contribution is -2.47. The van der Waals surface area contributed by atoms with E-state index in [1.807, 2.05) is 18.2 Å². The topological polar surface area (TPSA) is 78.0 Å². The number of hydrogen-bond acceptors (Lipinski definition) is 4. The number of carbonyl (C=O) groups excluding carboxylic acids is 1. The second-order valence-electron chi connectivity index (χ2n) is 7.00. The number of rotatable bonds is 7. The van der Waals surface area contributed by atoms with Crippen LogP contribution in [0.2, 0.25) is 5.02 Å². The van der Waals surface area contributed by atoms with Crippen LogP contribution in [0.1, 0.15) is 11.1 Å². The fraction of sp³-hybridized carbons (Fsp3) is 0.364. The Morgan fingerprint density at radius 1 is 1.23 bits per heavy atom. The van der Waals surface area contributed by atoms with Gasteiger partial charge in [0.2, 0.25) is 5.91 Å². The van der Waals surface area contributed by atoms with Crippen LogP contribution in [0, 0.1) is 0 Å². The summed E-state index contributed by atoms with van der Waals surface area (Å²) >= 11 is 6.30. The molecule has 2 aromatic carbocycles. The molecular weight excluding hydrogens is 529 g/mol. The van der Waals surface area contributed by atoms with E-state index in [0.29, 0.717) is 31.2 Å². The van der Waals surface area contributed by atoms with E-state index in [-0.39, 0.29) is 29.9 Å². The van der Waals surface area contributed by atoms with Crippen LogP contribution in [0.4, 0.5) is 5.69 Å². The van der Waals surface area contributed by atoms with Crippen molar-refractivity contribution in [1.29, 1.82) is 0 Å². The fourth-order valence-corrected chi connectivity index (χ4v) is 3.53. The molecule has 0 bridgehead atoms. The van der Waals surface area contributed by atoms with E-state index >= 15 is 0 Å². The monoisotopic (exact) mass is 557 g/mol. The van der Waals surface area contributed by atoms with Crippen molar-refractivity contribution in [3.63, 3.8) is 0 Å². The number of amides is 1. The first kappa shape index (κ1) is 25.1. The van der Waals surface area contributed by atoms with Crippen LogP contribution in [-0.4, -0.2) is 52.2 Å². The molecule has 3 rings (SSSR count). The van der Waals surface area contributed by atoms with Gasteiger partial charge in [0.25, 0.3) is 0 Å². The van der Waals surface area contributed by atoms with Crippen LogP contribution in [-0.2, 0) is 17.8 Å². The molecule has 0 saturated carbocycles. The maximum Gasteiger partial charge on any atom is 0.239 e. The molecule has 1 amide bonds. The number of aliphatic imine (C=N–C) groups is 1. The van der Waals surface area contributed by atoms with Gasteiger partial charge in [0.15, 0.2) is 5.96 Å². The van der Waals surface area contributed by atoms with E-state index in [9.17, 15) is 4.79 Å². The van der Waals surface area contributed by atoms with Crippen molar-refractivity contribution >= 4 is 53.1 Å². The lowest BCUT2D eigenvalue weighted by Gasteiger charge is -2.28. The van der Waals surface area contributed by atoms with E-state index in [0.717, 1.165) is 41.5 Å². The molecule has 0 unspecified atom stereocenters. The summed E-state index contributed by atoms with van der Waals surface area (Å²) in [6.07, 6.45) is 0.779. The average Bonchev–Trinajstić information content (AvgIpc) is 2.77. The molecule has 1 saturated heterocycles. The second kappa shape index (κ2) is 12.6. The molecule has 9 heteroatoms. The lowest BCUT2D eigenvalue weighted by atomic mass is 10.1. The zero-order valence-corrected chi connectivity index (χ0v) is 20.9. The molecule has 3 N–H and O–H groups in total. The highest BCUT2D eigenvalue weighted by molar-refractivity contribution is 14.0. The Balaban J connectivity index is 0.00000341. The molecule has 7 nitrogen and oxygen atoms in total. The molecule has 168 valence electrons. The number of anilines is 1. The minimum atomic E-state index is 0. The number of nitrogens with zero attached hydrogens (tertiary/aromatic N) is 2. The minimum Gasteiger partial charge on any atom is -0.497 e. The predicted octanol–water partition coefficient (Wildman–Crippen LogP) is 2.81. The van der Waals surface area contributed by atoms with Crippen molar-refractivity contribution in [1.82, 2.24) is 16.0 Å². The van der Waals surface area contributed by atoms with Crippen molar-refractivity contribution in [2.45, 2.75) is 13.0 Å². The van der Waals surface area contributed by atoms with Gasteiger partial charge in [-0.3, -0.25) is 9.79 Å². The van der Waals surface area contributed by atoms with Crippen LogP contribution in [0.25, 0.3) is 0 Å². The third-order valence-corrected chi connectivity index (χ3v) is 5.32. The van der Waals surface area contributed by atoms with Crippen molar-refractivity contribution < 1.29 is 9.53 Å². The van der Waals surface area contributed by atoms with Crippen molar-refractivity contribution in [3.05, 3.63) is 58.6 Å². The Morgan fingerprint density at radius 2 is 2.00 bits per heavy atom. The highest BCUT2D eigenvalue weighted by Crippen LogP contribution is 2.22. The Kier molecular flexibility index (Phi) is 10.2. The van der Waals surface area contributed by atoms with Crippen LogP contribution >= 0.6 is 35.6 Å². The molecule has 0 radical (unpaired) electrons. The number of carbonyl (C=O) groups is 1. The Labute approximate surface area is 205 Å². The molecule has 1 aliphatic rings. The van der Waals surface area contributed by atoms with Gasteiger partial charge in [-0.15, -0.1) is 24.0 Å². The molecule has 0 atom stereocenters. The molecule has 1 heterocycles. The minimum absolute atomic E-state index is 0. The van der Waals surface area contributed by atoms with Crippen LogP contribution < -0.4 is 25.6 Å². The summed E-state index contributed by atoms with van der Waals surface area (Å²) < 4.78 is 5.18. The van der Waals surface area contributed by atoms with Crippen LogP contribution in [0.3, 0.4) is 0 Å². The summed E-state index contributed by atoms with van der Waals surface area (Å²) in [5.74, 6) is 1.55. The zero-order valence-electron chi connectivity index (χ0n) is 17.8. The highest BCUT2D eigenvalue weighted by Gasteiger charge is 2.16. The number of guanidine groups is 1. The van der Waals surface area contributed by atoms with Gasteiger partial charge in [0.05, 0.1) is 13.7 Å². The van der Waals surface area contributed by atoms with Gasteiger partial charge in [0, 0.05) is 43.9 Å². The van der Waals surface area contributed by atoms with Gasteiger partial charge in [-0.05, 0) is 41.8 Å². The number of benzene rings is 2. The molecule has 1 fully saturated rings. The van der Waals surface area contributed by atoms with Gasteiger partial charge in [-0.25, -0.2) is 0 Å². The number of methoxy groups -OCH3 is 1. The predicted molar refractivity (Wildman–Crippen MR) is 137 cm³/mol. The first-order chi connectivity index (χ1) is 14.6. The summed E-state index contributed by atoms with van der Waals surface area (Å²) in [6, 6.07) is 14.0. The molecular formula is C22H29ClIN5O2. The van der Waals surface area contributed by atoms with E-state index in [2.05, 4.69) is 50.1 Å². The standard InChI is InChI=1S/C22H28ClN5O2.HI/c1-24-22(26-10-9-17-5-8-19(30-2)13-20(17)23)27-14-16-3-6-18(7-4-16)28-12-11-25-21(29)15-28;/h3-8,13H,9-12,14-15H2,1-2H3,(H,25,29)(H2,24,26,27);1H. The molecule has 2 aromatic rings. The number of halogens is 2. The molecule has 1 aliphatic heterocycles. The maximum atomic E-state index is 11.6. The van der Waals surface area contributed by atoms with Crippen molar-refractivity contribution in [2.75, 3.05) is 45.2 Å². The quantitative estimate of drug-likeness (QED) is 0.277. The van der Waals surface area contributed by atoms with Gasteiger partial charge < -0.3 is 25.6 Å². The number of nitrogens with one attached hydrogen (secondary N) is 3. The first-order valence-electron chi connectivity index (χ1n) is 9.96. The van der Waals surface area contributed by atoms with Gasteiger partial charge in [0.1, 0.15) is 5.75 Å². The summed E-state index contributed by atoms with van der Waals surface area (Å²) in [5, 5.41) is 10.2. The summed E-state index contributed by atoms with van der Waals surface area (Å²) in [7, 11) is 3.38. The normalized spacial score (nSPS) is 13.8.